The molecule has 0 spiro atoms. The van der Waals surface area contributed by atoms with Gasteiger partial charge in [-0.25, -0.2) is 4.98 Å². The summed E-state index contributed by atoms with van der Waals surface area (Å²) in [4.78, 5) is 8.31. The standard InChI is InChI=1S/C16H10Cl2N4/c17-12-2-3-14-13(5-12)16(11(6-19)9-20-14)22-8-10-1-4-15(18)21-7-10/h1-5,7,9H,8H2,(H,20,22). The molecule has 1 N–H and O–H groups in total. The monoisotopic (exact) mass is 328 g/mol. The van der Waals surface area contributed by atoms with Crippen LogP contribution < -0.4 is 5.32 Å². The van der Waals surface area contributed by atoms with Crippen LogP contribution in [0.3, 0.4) is 0 Å². The Morgan fingerprint density at radius 3 is 2.68 bits per heavy atom. The molecule has 108 valence electrons. The van der Waals surface area contributed by atoms with E-state index >= 15 is 0 Å². The summed E-state index contributed by atoms with van der Waals surface area (Å²) >= 11 is 11.8. The van der Waals surface area contributed by atoms with Gasteiger partial charge in [0.1, 0.15) is 11.2 Å². The van der Waals surface area contributed by atoms with Crippen LogP contribution in [-0.4, -0.2) is 9.97 Å². The van der Waals surface area contributed by atoms with Gasteiger partial charge in [-0.15, -0.1) is 0 Å². The summed E-state index contributed by atoms with van der Waals surface area (Å²) in [6, 6.07) is 11.2. The van der Waals surface area contributed by atoms with Gasteiger partial charge in [-0.2, -0.15) is 5.26 Å². The number of pyridine rings is 2. The molecule has 0 aliphatic rings. The molecule has 0 amide bonds. The van der Waals surface area contributed by atoms with E-state index in [1.54, 1.807) is 30.6 Å². The molecule has 2 heterocycles. The SMILES string of the molecule is N#Cc1cnc2ccc(Cl)cc2c1NCc1ccc(Cl)nc1. The van der Waals surface area contributed by atoms with Gasteiger partial charge in [0.15, 0.2) is 0 Å². The summed E-state index contributed by atoms with van der Waals surface area (Å²) < 4.78 is 0. The zero-order valence-corrected chi connectivity index (χ0v) is 12.9. The van der Waals surface area contributed by atoms with Crippen molar-refractivity contribution in [2.45, 2.75) is 6.54 Å². The first-order chi connectivity index (χ1) is 10.7. The van der Waals surface area contributed by atoms with Crippen LogP contribution in [-0.2, 0) is 6.54 Å². The van der Waals surface area contributed by atoms with Crippen molar-refractivity contribution in [3.63, 3.8) is 0 Å². The van der Waals surface area contributed by atoms with Gasteiger partial charge in [-0.05, 0) is 29.8 Å². The molecule has 0 radical (unpaired) electrons. The van der Waals surface area contributed by atoms with Crippen molar-refractivity contribution >= 4 is 39.8 Å². The minimum atomic E-state index is 0.447. The van der Waals surface area contributed by atoms with E-state index < -0.39 is 0 Å². The number of nitrogens with zero attached hydrogens (tertiary/aromatic N) is 3. The Hall–Kier alpha value is -2.35. The normalized spacial score (nSPS) is 10.4. The Balaban J connectivity index is 1.99. The van der Waals surface area contributed by atoms with E-state index in [9.17, 15) is 5.26 Å². The molecule has 1 aromatic carbocycles. The number of aromatic nitrogens is 2. The second kappa shape index (κ2) is 6.18. The molecule has 0 fully saturated rings. The lowest BCUT2D eigenvalue weighted by molar-refractivity contribution is 1.11. The fourth-order valence-electron chi connectivity index (χ4n) is 2.14. The highest BCUT2D eigenvalue weighted by Crippen LogP contribution is 2.28. The zero-order chi connectivity index (χ0) is 15.5. The first-order valence-corrected chi connectivity index (χ1v) is 7.25. The number of nitriles is 1. The quantitative estimate of drug-likeness (QED) is 0.723. The summed E-state index contributed by atoms with van der Waals surface area (Å²) in [6.07, 6.45) is 3.25. The van der Waals surface area contributed by atoms with Crippen LogP contribution in [0.25, 0.3) is 10.9 Å². The van der Waals surface area contributed by atoms with Crippen molar-refractivity contribution in [1.82, 2.24) is 9.97 Å². The highest BCUT2D eigenvalue weighted by molar-refractivity contribution is 6.31. The minimum Gasteiger partial charge on any atom is -0.379 e. The zero-order valence-electron chi connectivity index (χ0n) is 11.3. The fourth-order valence-corrected chi connectivity index (χ4v) is 2.43. The number of fused-ring (bicyclic) bond motifs is 1. The van der Waals surface area contributed by atoms with E-state index in [0.717, 1.165) is 16.5 Å². The molecule has 0 saturated carbocycles. The molecule has 0 bridgehead atoms. The van der Waals surface area contributed by atoms with Crippen molar-refractivity contribution in [1.29, 1.82) is 5.26 Å². The van der Waals surface area contributed by atoms with Gasteiger partial charge in [0.2, 0.25) is 0 Å². The Kier molecular flexibility index (Phi) is 4.10. The topological polar surface area (TPSA) is 61.6 Å². The highest BCUT2D eigenvalue weighted by Gasteiger charge is 2.09. The summed E-state index contributed by atoms with van der Waals surface area (Å²) in [5.41, 5.74) is 2.92. The van der Waals surface area contributed by atoms with Gasteiger partial charge < -0.3 is 5.32 Å². The number of anilines is 1. The Labute approximate surface area is 137 Å². The van der Waals surface area contributed by atoms with E-state index in [4.69, 9.17) is 23.2 Å². The van der Waals surface area contributed by atoms with Gasteiger partial charge in [0.25, 0.3) is 0 Å². The van der Waals surface area contributed by atoms with Crippen LogP contribution in [0.4, 0.5) is 5.69 Å². The molecule has 0 saturated heterocycles. The first kappa shape index (κ1) is 14.6. The van der Waals surface area contributed by atoms with Crippen LogP contribution >= 0.6 is 23.2 Å². The maximum absolute atomic E-state index is 9.29. The molecule has 6 heteroatoms. The molecule has 3 aromatic rings. The molecule has 2 aromatic heterocycles. The minimum absolute atomic E-state index is 0.447. The maximum Gasteiger partial charge on any atom is 0.129 e. The third kappa shape index (κ3) is 2.96. The van der Waals surface area contributed by atoms with E-state index in [1.165, 1.54) is 0 Å². The van der Waals surface area contributed by atoms with Crippen molar-refractivity contribution in [3.8, 4) is 6.07 Å². The first-order valence-electron chi connectivity index (χ1n) is 6.50. The van der Waals surface area contributed by atoms with E-state index in [1.807, 2.05) is 12.1 Å². The number of nitrogens with one attached hydrogen (secondary N) is 1. The third-order valence-corrected chi connectivity index (χ3v) is 3.67. The van der Waals surface area contributed by atoms with Gasteiger partial charge in [-0.3, -0.25) is 4.98 Å². The van der Waals surface area contributed by atoms with Crippen LogP contribution in [0.5, 0.6) is 0 Å². The highest BCUT2D eigenvalue weighted by atomic mass is 35.5. The molecule has 4 nitrogen and oxygen atoms in total. The third-order valence-electron chi connectivity index (χ3n) is 3.21. The van der Waals surface area contributed by atoms with E-state index in [-0.39, 0.29) is 0 Å². The lowest BCUT2D eigenvalue weighted by atomic mass is 10.1. The van der Waals surface area contributed by atoms with Crippen LogP contribution in [0.2, 0.25) is 10.2 Å². The molecular weight excluding hydrogens is 319 g/mol. The van der Waals surface area contributed by atoms with Crippen molar-refractivity contribution in [3.05, 3.63) is 64.0 Å². The summed E-state index contributed by atoms with van der Waals surface area (Å²) in [6.45, 7) is 0.518. The second-order valence-corrected chi connectivity index (χ2v) is 5.49. The number of halogens is 2. The predicted octanol–water partition coefficient (Wildman–Crippen LogP) is 4.42. The molecule has 0 unspecified atom stereocenters. The van der Waals surface area contributed by atoms with Gasteiger partial charge >= 0.3 is 0 Å². The predicted molar refractivity (Wildman–Crippen MR) is 88.0 cm³/mol. The Bertz CT molecular complexity index is 870. The van der Waals surface area contributed by atoms with Crippen LogP contribution in [0, 0.1) is 11.3 Å². The lowest BCUT2D eigenvalue weighted by Crippen LogP contribution is -2.03. The van der Waals surface area contributed by atoms with Crippen LogP contribution in [0.15, 0.2) is 42.7 Å². The molecule has 0 aliphatic heterocycles. The smallest absolute Gasteiger partial charge is 0.129 e. The van der Waals surface area contributed by atoms with Gasteiger partial charge in [-0.1, -0.05) is 29.3 Å². The molecule has 0 atom stereocenters. The number of hydrogen-bond donors (Lipinski definition) is 1. The molecule has 3 rings (SSSR count). The molecular formula is C16H10Cl2N4. The van der Waals surface area contributed by atoms with Crippen molar-refractivity contribution in [2.24, 2.45) is 0 Å². The van der Waals surface area contributed by atoms with Crippen molar-refractivity contribution in [2.75, 3.05) is 5.32 Å². The van der Waals surface area contributed by atoms with E-state index in [0.29, 0.717) is 28.0 Å². The number of rotatable bonds is 3. The van der Waals surface area contributed by atoms with Gasteiger partial charge in [0.05, 0.1) is 16.8 Å². The van der Waals surface area contributed by atoms with Crippen molar-refractivity contribution < 1.29 is 0 Å². The Morgan fingerprint density at radius 2 is 1.95 bits per heavy atom. The second-order valence-electron chi connectivity index (χ2n) is 4.66. The summed E-state index contributed by atoms with van der Waals surface area (Å²) in [5.74, 6) is 0. The molecule has 0 aliphatic carbocycles. The number of hydrogen-bond acceptors (Lipinski definition) is 4. The van der Waals surface area contributed by atoms with Gasteiger partial charge in [0, 0.05) is 29.3 Å². The largest absolute Gasteiger partial charge is 0.379 e. The average molecular weight is 329 g/mol. The maximum atomic E-state index is 9.29. The fraction of sp³-hybridized carbons (Fsp3) is 0.0625. The molecule has 22 heavy (non-hydrogen) atoms. The van der Waals surface area contributed by atoms with E-state index in [2.05, 4.69) is 21.4 Å². The summed E-state index contributed by atoms with van der Waals surface area (Å²) in [7, 11) is 0. The number of benzene rings is 1. The summed E-state index contributed by atoms with van der Waals surface area (Å²) in [5, 5.41) is 14.4. The lowest BCUT2D eigenvalue weighted by Gasteiger charge is -2.11. The Morgan fingerprint density at radius 1 is 1.09 bits per heavy atom. The van der Waals surface area contributed by atoms with Crippen LogP contribution in [0.1, 0.15) is 11.1 Å². The average Bonchev–Trinajstić information content (AvgIpc) is 2.54.